The van der Waals surface area contributed by atoms with Gasteiger partial charge in [-0.3, -0.25) is 9.59 Å². The second-order valence-corrected chi connectivity index (χ2v) is 9.68. The van der Waals surface area contributed by atoms with Gasteiger partial charge in [-0.2, -0.15) is 0 Å². The van der Waals surface area contributed by atoms with E-state index in [-0.39, 0.29) is 23.1 Å². The average Bonchev–Trinajstić information content (AvgIpc) is 3.11. The topological polar surface area (TPSA) is 84.0 Å². The second-order valence-electron chi connectivity index (χ2n) is 7.27. The van der Waals surface area contributed by atoms with Gasteiger partial charge in [-0.1, -0.05) is 46.4 Å². The van der Waals surface area contributed by atoms with Gasteiger partial charge in [0.1, 0.15) is 10.1 Å². The molecule has 9 heteroatoms. The van der Waals surface area contributed by atoms with Crippen molar-refractivity contribution in [1.29, 1.82) is 0 Å². The van der Waals surface area contributed by atoms with E-state index in [0.29, 0.717) is 22.1 Å². The van der Waals surface area contributed by atoms with Gasteiger partial charge in [-0.15, -0.1) is 16.9 Å². The molecule has 2 heterocycles. The number of nitrogens with zero attached hydrogens (tertiary/aromatic N) is 2. The van der Waals surface area contributed by atoms with Crippen molar-refractivity contribution in [3.63, 3.8) is 0 Å². The van der Waals surface area contributed by atoms with E-state index in [1.165, 1.54) is 0 Å². The summed E-state index contributed by atoms with van der Waals surface area (Å²) in [5.41, 5.74) is 3.68. The number of aromatic nitrogens is 2. The van der Waals surface area contributed by atoms with E-state index in [0.717, 1.165) is 40.4 Å². The minimum Gasteiger partial charge on any atom is -0.350 e. The first kappa shape index (κ1) is 21.8. The normalized spacial score (nSPS) is 18.8. The van der Waals surface area contributed by atoms with Crippen LogP contribution in [0.15, 0.2) is 48.5 Å². The Morgan fingerprint density at radius 3 is 2.77 bits per heavy atom. The highest BCUT2D eigenvalue weighted by molar-refractivity contribution is 8.00. The van der Waals surface area contributed by atoms with Crippen molar-refractivity contribution in [2.75, 3.05) is 12.3 Å². The zero-order chi connectivity index (χ0) is 21.8. The molecule has 31 heavy (non-hydrogen) atoms. The fourth-order valence-corrected chi connectivity index (χ4v) is 5.33. The molecule has 1 aliphatic heterocycles. The van der Waals surface area contributed by atoms with Crippen LogP contribution in [0, 0.1) is 6.92 Å². The largest absolute Gasteiger partial charge is 0.350 e. The van der Waals surface area contributed by atoms with Crippen LogP contribution in [-0.2, 0) is 4.79 Å². The predicted octanol–water partition coefficient (Wildman–Crippen LogP) is 4.26. The quantitative estimate of drug-likeness (QED) is 0.579. The van der Waals surface area contributed by atoms with Gasteiger partial charge in [-0.25, -0.2) is 0 Å². The maximum absolute atomic E-state index is 13.0. The molecule has 4 rings (SSSR count). The summed E-state index contributed by atoms with van der Waals surface area (Å²) in [6.45, 7) is 2.13. The monoisotopic (exact) mass is 472 g/mol. The molecule has 2 atom stereocenters. The van der Waals surface area contributed by atoms with Gasteiger partial charge in [0.05, 0.1) is 5.69 Å². The number of nitrogens with one attached hydrogen (secondary N) is 2. The maximum atomic E-state index is 13.0. The minimum absolute atomic E-state index is 0.0364. The van der Waals surface area contributed by atoms with Gasteiger partial charge in [-0.05, 0) is 65.5 Å². The van der Waals surface area contributed by atoms with Crippen LogP contribution in [0.3, 0.4) is 0 Å². The molecule has 2 N–H and O–H groups in total. The second kappa shape index (κ2) is 9.80. The fourth-order valence-electron chi connectivity index (χ4n) is 3.41. The Kier molecular flexibility index (Phi) is 6.89. The molecular formula is C22H21ClN4O2S2. The van der Waals surface area contributed by atoms with E-state index in [2.05, 4.69) is 26.3 Å². The van der Waals surface area contributed by atoms with Gasteiger partial charge in [0.2, 0.25) is 5.91 Å². The van der Waals surface area contributed by atoms with Crippen LogP contribution in [0.5, 0.6) is 0 Å². The van der Waals surface area contributed by atoms with Crippen molar-refractivity contribution in [2.24, 2.45) is 0 Å². The molecule has 6 nitrogen and oxygen atoms in total. The molecule has 0 spiro atoms. The number of thioether (sulfide) groups is 1. The predicted molar refractivity (Wildman–Crippen MR) is 126 cm³/mol. The third-order valence-electron chi connectivity index (χ3n) is 5.07. The van der Waals surface area contributed by atoms with Crippen molar-refractivity contribution in [2.45, 2.75) is 24.6 Å². The average molecular weight is 473 g/mol. The SMILES string of the molecule is Cc1nnsc1C(=O)NC[C@@H]1CCS[C@H](c2cccc(-c3ccc(Cl)cc3)c2)C(=O)N1. The summed E-state index contributed by atoms with van der Waals surface area (Å²) in [5, 5.41) is 10.2. The van der Waals surface area contributed by atoms with Crippen LogP contribution in [0.25, 0.3) is 11.1 Å². The Balaban J connectivity index is 1.42. The summed E-state index contributed by atoms with van der Waals surface area (Å²) in [6.07, 6.45) is 0.782. The van der Waals surface area contributed by atoms with Crippen LogP contribution in [0.1, 0.15) is 32.6 Å². The highest BCUT2D eigenvalue weighted by atomic mass is 35.5. The minimum atomic E-state index is -0.291. The van der Waals surface area contributed by atoms with Crippen molar-refractivity contribution < 1.29 is 9.59 Å². The molecule has 1 aromatic heterocycles. The molecule has 1 fully saturated rings. The van der Waals surface area contributed by atoms with Gasteiger partial charge in [0, 0.05) is 17.6 Å². The van der Waals surface area contributed by atoms with Crippen molar-refractivity contribution in [3.8, 4) is 11.1 Å². The molecule has 160 valence electrons. The van der Waals surface area contributed by atoms with Crippen molar-refractivity contribution >= 4 is 46.7 Å². The van der Waals surface area contributed by atoms with Gasteiger partial charge in [0.15, 0.2) is 0 Å². The molecule has 0 radical (unpaired) electrons. The highest BCUT2D eigenvalue weighted by Gasteiger charge is 2.28. The fraction of sp³-hybridized carbons (Fsp3) is 0.273. The number of amides is 2. The standard InChI is InChI=1S/C22H21ClN4O2S2/c1-13-19(31-27-26-13)21(28)24-12-18-9-10-30-20(22(29)25-18)16-4-2-3-15(11-16)14-5-7-17(23)8-6-14/h2-8,11,18,20H,9-10,12H2,1H3,(H,24,28)(H,25,29)/t18-,20+/m0/s1. The lowest BCUT2D eigenvalue weighted by atomic mass is 10.0. The van der Waals surface area contributed by atoms with Gasteiger partial charge < -0.3 is 10.6 Å². The summed E-state index contributed by atoms with van der Waals surface area (Å²) in [7, 11) is 0. The smallest absolute Gasteiger partial charge is 0.265 e. The number of hydrogen-bond acceptors (Lipinski definition) is 6. The Labute approximate surface area is 193 Å². The van der Waals surface area contributed by atoms with E-state index in [1.54, 1.807) is 18.7 Å². The molecule has 1 saturated heterocycles. The molecule has 0 saturated carbocycles. The number of carbonyl (C=O) groups excluding carboxylic acids is 2. The zero-order valence-corrected chi connectivity index (χ0v) is 19.2. The number of carbonyl (C=O) groups is 2. The van der Waals surface area contributed by atoms with Crippen LogP contribution < -0.4 is 10.6 Å². The summed E-state index contributed by atoms with van der Waals surface area (Å²) in [4.78, 5) is 25.8. The number of aryl methyl sites for hydroxylation is 1. The van der Waals surface area contributed by atoms with E-state index < -0.39 is 0 Å². The summed E-state index contributed by atoms with van der Waals surface area (Å²) >= 11 is 8.70. The first-order valence-electron chi connectivity index (χ1n) is 9.86. The first-order chi connectivity index (χ1) is 15.0. The Hall–Kier alpha value is -2.42. The third-order valence-corrected chi connectivity index (χ3v) is 7.44. The summed E-state index contributed by atoms with van der Waals surface area (Å²) in [6, 6.07) is 15.6. The first-order valence-corrected chi connectivity index (χ1v) is 12.1. The molecule has 0 unspecified atom stereocenters. The highest BCUT2D eigenvalue weighted by Crippen LogP contribution is 2.34. The van der Waals surface area contributed by atoms with E-state index >= 15 is 0 Å². The molecule has 1 aliphatic rings. The number of rotatable bonds is 5. The van der Waals surface area contributed by atoms with E-state index in [4.69, 9.17) is 11.6 Å². The lowest BCUT2D eigenvalue weighted by molar-refractivity contribution is -0.121. The van der Waals surface area contributed by atoms with Crippen LogP contribution >= 0.6 is 34.9 Å². The third kappa shape index (κ3) is 5.26. The lowest BCUT2D eigenvalue weighted by Gasteiger charge is -2.18. The Morgan fingerprint density at radius 2 is 2.03 bits per heavy atom. The van der Waals surface area contributed by atoms with E-state index in [9.17, 15) is 9.59 Å². The van der Waals surface area contributed by atoms with Crippen LogP contribution in [0.2, 0.25) is 5.02 Å². The summed E-state index contributed by atoms with van der Waals surface area (Å²) < 4.78 is 3.79. The van der Waals surface area contributed by atoms with Gasteiger partial charge in [0.25, 0.3) is 5.91 Å². The molecule has 3 aromatic rings. The lowest BCUT2D eigenvalue weighted by Crippen LogP contribution is -2.43. The molecular weight excluding hydrogens is 452 g/mol. The summed E-state index contributed by atoms with van der Waals surface area (Å²) in [5.74, 6) is 0.576. The Morgan fingerprint density at radius 1 is 1.23 bits per heavy atom. The zero-order valence-electron chi connectivity index (χ0n) is 16.8. The Bertz CT molecular complexity index is 1090. The maximum Gasteiger partial charge on any atom is 0.265 e. The van der Waals surface area contributed by atoms with Crippen LogP contribution in [-0.4, -0.2) is 39.7 Å². The van der Waals surface area contributed by atoms with Crippen molar-refractivity contribution in [3.05, 3.63) is 69.7 Å². The molecule has 0 aliphatic carbocycles. The molecule has 2 aromatic carbocycles. The molecule has 2 amide bonds. The van der Waals surface area contributed by atoms with Crippen molar-refractivity contribution in [1.82, 2.24) is 20.2 Å². The molecule has 0 bridgehead atoms. The number of hydrogen-bond donors (Lipinski definition) is 2. The van der Waals surface area contributed by atoms with Crippen LogP contribution in [0.4, 0.5) is 0 Å². The number of halogens is 1. The van der Waals surface area contributed by atoms with E-state index in [1.807, 2.05) is 42.5 Å². The van der Waals surface area contributed by atoms with Gasteiger partial charge >= 0.3 is 0 Å². The number of benzene rings is 2.